The van der Waals surface area contributed by atoms with E-state index in [0.29, 0.717) is 25.4 Å². The second-order valence-electron chi connectivity index (χ2n) is 3.58. The van der Waals surface area contributed by atoms with Gasteiger partial charge in [0.25, 0.3) is 0 Å². The van der Waals surface area contributed by atoms with Gasteiger partial charge in [-0.15, -0.1) is 0 Å². The van der Waals surface area contributed by atoms with Crippen molar-refractivity contribution in [3.8, 4) is 0 Å². The number of likely N-dealkylation sites (N-methyl/N-ethyl adjacent to an activating group) is 1. The highest BCUT2D eigenvalue weighted by Gasteiger charge is 2.31. The lowest BCUT2D eigenvalue weighted by molar-refractivity contribution is 0.110. The molecule has 2 heterocycles. The lowest BCUT2D eigenvalue weighted by Crippen LogP contribution is -2.40. The third-order valence-electron chi connectivity index (χ3n) is 2.60. The first kappa shape index (κ1) is 10.2. The van der Waals surface area contributed by atoms with E-state index in [1.54, 1.807) is 24.1 Å². The number of nitrogens with zero attached hydrogens (tertiary/aromatic N) is 1. The van der Waals surface area contributed by atoms with Crippen molar-refractivity contribution in [1.82, 2.24) is 0 Å². The van der Waals surface area contributed by atoms with Gasteiger partial charge in [0.1, 0.15) is 0 Å². The van der Waals surface area contributed by atoms with Crippen molar-refractivity contribution in [3.05, 3.63) is 17.9 Å². The normalized spacial score (nSPS) is 25.5. The Labute approximate surface area is 87.2 Å². The van der Waals surface area contributed by atoms with Crippen molar-refractivity contribution >= 4 is 12.2 Å². The Bertz CT molecular complexity index is 349. The van der Waals surface area contributed by atoms with Gasteiger partial charge in [0.05, 0.1) is 25.4 Å². The van der Waals surface area contributed by atoms with Crippen molar-refractivity contribution in [1.29, 1.82) is 0 Å². The van der Waals surface area contributed by atoms with Crippen LogP contribution in [-0.2, 0) is 4.74 Å². The molecule has 0 aliphatic carbocycles. The zero-order valence-electron chi connectivity index (χ0n) is 8.42. The highest BCUT2D eigenvalue weighted by Crippen LogP contribution is 2.22. The van der Waals surface area contributed by atoms with E-state index < -0.39 is 6.10 Å². The van der Waals surface area contributed by atoms with Crippen LogP contribution in [0.25, 0.3) is 0 Å². The number of aliphatic hydroxyl groups excluding tert-OH is 1. The first-order valence-electron chi connectivity index (χ1n) is 4.76. The van der Waals surface area contributed by atoms with Gasteiger partial charge in [-0.1, -0.05) is 0 Å². The fourth-order valence-electron chi connectivity index (χ4n) is 1.66. The van der Waals surface area contributed by atoms with Gasteiger partial charge in [0.2, 0.25) is 0 Å². The maximum absolute atomic E-state index is 10.4. The Hall–Kier alpha value is -1.33. The van der Waals surface area contributed by atoms with Gasteiger partial charge in [0.15, 0.2) is 17.9 Å². The summed E-state index contributed by atoms with van der Waals surface area (Å²) in [6.07, 6.45) is 0.138. The SMILES string of the molecule is CN(c1ccc(C=O)o1)C1COCC1O. The van der Waals surface area contributed by atoms with E-state index in [-0.39, 0.29) is 11.8 Å². The van der Waals surface area contributed by atoms with E-state index in [4.69, 9.17) is 9.15 Å². The molecule has 0 spiro atoms. The van der Waals surface area contributed by atoms with Crippen LogP contribution in [0.4, 0.5) is 5.88 Å². The van der Waals surface area contributed by atoms with Crippen LogP contribution in [0.15, 0.2) is 16.5 Å². The van der Waals surface area contributed by atoms with E-state index in [2.05, 4.69) is 0 Å². The molecule has 1 aliphatic rings. The number of aliphatic hydroxyl groups is 1. The summed E-state index contributed by atoms with van der Waals surface area (Å²) in [4.78, 5) is 12.2. The molecule has 2 unspecified atom stereocenters. The van der Waals surface area contributed by atoms with Crippen molar-refractivity contribution < 1.29 is 19.1 Å². The number of furan rings is 1. The molecule has 0 saturated carbocycles. The van der Waals surface area contributed by atoms with Crippen LogP contribution in [-0.4, -0.2) is 43.8 Å². The van der Waals surface area contributed by atoms with Crippen molar-refractivity contribution in [2.24, 2.45) is 0 Å². The zero-order chi connectivity index (χ0) is 10.8. The summed E-state index contributed by atoms with van der Waals surface area (Å²) in [6, 6.07) is 3.19. The summed E-state index contributed by atoms with van der Waals surface area (Å²) >= 11 is 0. The Balaban J connectivity index is 2.12. The number of carbonyl (C=O) groups is 1. The molecule has 0 radical (unpaired) electrons. The van der Waals surface area contributed by atoms with Gasteiger partial charge in [-0.2, -0.15) is 0 Å². The van der Waals surface area contributed by atoms with E-state index in [0.717, 1.165) is 0 Å². The molecule has 0 bridgehead atoms. The highest BCUT2D eigenvalue weighted by atomic mass is 16.5. The Morgan fingerprint density at radius 2 is 2.33 bits per heavy atom. The largest absolute Gasteiger partial charge is 0.438 e. The highest BCUT2D eigenvalue weighted by molar-refractivity contribution is 5.71. The van der Waals surface area contributed by atoms with Crippen molar-refractivity contribution in [3.63, 3.8) is 0 Å². The predicted octanol–water partition coefficient (Wildman–Crippen LogP) is 0.288. The van der Waals surface area contributed by atoms with Crippen LogP contribution in [0.3, 0.4) is 0 Å². The topological polar surface area (TPSA) is 62.9 Å². The number of aldehydes is 1. The molecular formula is C10H13NO4. The van der Waals surface area contributed by atoms with Gasteiger partial charge in [-0.3, -0.25) is 4.79 Å². The molecule has 0 aromatic carbocycles. The molecule has 2 atom stereocenters. The number of rotatable bonds is 3. The second kappa shape index (κ2) is 4.04. The molecule has 15 heavy (non-hydrogen) atoms. The predicted molar refractivity (Wildman–Crippen MR) is 53.1 cm³/mol. The van der Waals surface area contributed by atoms with E-state index in [1.807, 2.05) is 0 Å². The zero-order valence-corrected chi connectivity index (χ0v) is 8.42. The molecule has 1 saturated heterocycles. The minimum atomic E-state index is -0.514. The smallest absolute Gasteiger partial charge is 0.196 e. The quantitative estimate of drug-likeness (QED) is 0.728. The summed E-state index contributed by atoms with van der Waals surface area (Å²) in [7, 11) is 1.80. The maximum Gasteiger partial charge on any atom is 0.196 e. The molecular weight excluding hydrogens is 198 g/mol. The third-order valence-corrected chi connectivity index (χ3v) is 2.60. The summed E-state index contributed by atoms with van der Waals surface area (Å²) < 4.78 is 10.4. The average molecular weight is 211 g/mol. The van der Waals surface area contributed by atoms with Crippen LogP contribution in [0.5, 0.6) is 0 Å². The number of carbonyl (C=O) groups excluding carboxylic acids is 1. The van der Waals surface area contributed by atoms with E-state index in [9.17, 15) is 9.90 Å². The molecule has 1 N–H and O–H groups in total. The number of anilines is 1. The number of ether oxygens (including phenoxy) is 1. The van der Waals surface area contributed by atoms with Gasteiger partial charge in [0, 0.05) is 13.1 Å². The molecule has 1 fully saturated rings. The standard InChI is InChI=1S/C10H13NO4/c1-11(8-5-14-6-9(8)13)10-3-2-7(4-12)15-10/h2-4,8-9,13H,5-6H2,1H3. The number of hydrogen-bond acceptors (Lipinski definition) is 5. The Morgan fingerprint density at radius 1 is 1.53 bits per heavy atom. The summed E-state index contributed by atoms with van der Waals surface area (Å²) in [5.74, 6) is 0.844. The van der Waals surface area contributed by atoms with E-state index in [1.165, 1.54) is 0 Å². The first-order valence-corrected chi connectivity index (χ1v) is 4.76. The minimum absolute atomic E-state index is 0.115. The van der Waals surface area contributed by atoms with Crippen LogP contribution < -0.4 is 4.90 Å². The van der Waals surface area contributed by atoms with Gasteiger partial charge >= 0.3 is 0 Å². The average Bonchev–Trinajstić information content (AvgIpc) is 2.84. The molecule has 1 aliphatic heterocycles. The second-order valence-corrected chi connectivity index (χ2v) is 3.58. The molecule has 1 aromatic rings. The van der Waals surface area contributed by atoms with Crippen LogP contribution >= 0.6 is 0 Å². The molecule has 5 heteroatoms. The summed E-state index contributed by atoms with van der Waals surface area (Å²) in [5.41, 5.74) is 0. The molecule has 0 amide bonds. The van der Waals surface area contributed by atoms with E-state index >= 15 is 0 Å². The van der Waals surface area contributed by atoms with Gasteiger partial charge in [-0.25, -0.2) is 0 Å². The van der Waals surface area contributed by atoms with Gasteiger partial charge in [-0.05, 0) is 6.07 Å². The fraction of sp³-hybridized carbons (Fsp3) is 0.500. The van der Waals surface area contributed by atoms with Crippen LogP contribution in [0.2, 0.25) is 0 Å². The van der Waals surface area contributed by atoms with Crippen molar-refractivity contribution in [2.45, 2.75) is 12.1 Å². The lowest BCUT2D eigenvalue weighted by atomic mass is 10.2. The molecule has 1 aromatic heterocycles. The van der Waals surface area contributed by atoms with Crippen LogP contribution in [0, 0.1) is 0 Å². The summed E-state index contributed by atoms with van der Waals surface area (Å²) in [6.45, 7) is 0.811. The van der Waals surface area contributed by atoms with Crippen molar-refractivity contribution in [2.75, 3.05) is 25.2 Å². The lowest BCUT2D eigenvalue weighted by Gasteiger charge is -2.24. The molecule has 5 nitrogen and oxygen atoms in total. The minimum Gasteiger partial charge on any atom is -0.438 e. The fourth-order valence-corrected chi connectivity index (χ4v) is 1.66. The Kier molecular flexibility index (Phi) is 2.75. The van der Waals surface area contributed by atoms with Gasteiger partial charge < -0.3 is 19.2 Å². The number of hydrogen-bond donors (Lipinski definition) is 1. The summed E-state index contributed by atoms with van der Waals surface area (Å²) in [5, 5.41) is 9.61. The molecule has 82 valence electrons. The van der Waals surface area contributed by atoms with Crippen LogP contribution in [0.1, 0.15) is 10.6 Å². The maximum atomic E-state index is 10.4. The third kappa shape index (κ3) is 1.88. The first-order chi connectivity index (χ1) is 7.22. The Morgan fingerprint density at radius 3 is 2.87 bits per heavy atom. The monoisotopic (exact) mass is 211 g/mol. The molecule has 2 rings (SSSR count).